The van der Waals surface area contributed by atoms with Crippen LogP contribution in [-0.2, 0) is 0 Å². The van der Waals surface area contributed by atoms with E-state index in [1.54, 1.807) is 0 Å². The molecule has 0 atom stereocenters. The predicted octanol–water partition coefficient (Wildman–Crippen LogP) is 4.28. The lowest BCUT2D eigenvalue weighted by atomic mass is 10.2. The Morgan fingerprint density at radius 3 is 2.24 bits per heavy atom. The summed E-state index contributed by atoms with van der Waals surface area (Å²) >= 11 is 0. The number of hydrogen-bond donors (Lipinski definition) is 2. The van der Waals surface area contributed by atoms with E-state index in [1.807, 2.05) is 6.08 Å². The molecule has 0 unspecified atom stereocenters. The number of unbranched alkanes of at least 4 members (excludes halogenated alkanes) is 3. The van der Waals surface area contributed by atoms with Gasteiger partial charge in [0.1, 0.15) is 0 Å². The average molecular weight is 232 g/mol. The van der Waals surface area contributed by atoms with Crippen molar-refractivity contribution in [2.45, 2.75) is 32.6 Å². The first-order valence-corrected chi connectivity index (χ1v) is 6.55. The molecule has 2 nitrogen and oxygen atoms in total. The highest BCUT2D eigenvalue weighted by Gasteiger charge is 1.93. The van der Waals surface area contributed by atoms with Crippen LogP contribution in [-0.4, -0.2) is 13.1 Å². The maximum Gasteiger partial charge on any atom is 0.0344 e. The molecule has 0 spiro atoms. The van der Waals surface area contributed by atoms with Gasteiger partial charge < -0.3 is 10.6 Å². The molecule has 1 aromatic rings. The monoisotopic (exact) mass is 232 g/mol. The van der Waals surface area contributed by atoms with E-state index in [1.165, 1.54) is 31.4 Å². The van der Waals surface area contributed by atoms with Gasteiger partial charge in [0, 0.05) is 24.5 Å². The lowest BCUT2D eigenvalue weighted by Crippen LogP contribution is -2.02. The zero-order chi connectivity index (χ0) is 12.3. The lowest BCUT2D eigenvalue weighted by Gasteiger charge is -2.08. The van der Waals surface area contributed by atoms with Crippen molar-refractivity contribution >= 4 is 11.4 Å². The molecule has 0 saturated carbocycles. The van der Waals surface area contributed by atoms with Gasteiger partial charge in [-0.3, -0.25) is 0 Å². The quantitative estimate of drug-likeness (QED) is 0.490. The molecule has 2 N–H and O–H groups in total. The third kappa shape index (κ3) is 6.00. The summed E-state index contributed by atoms with van der Waals surface area (Å²) in [6, 6.07) is 8.42. The first-order chi connectivity index (χ1) is 8.36. The fraction of sp³-hybridized carbons (Fsp3) is 0.467. The van der Waals surface area contributed by atoms with Gasteiger partial charge in [0.2, 0.25) is 0 Å². The van der Waals surface area contributed by atoms with E-state index in [9.17, 15) is 0 Å². The summed E-state index contributed by atoms with van der Waals surface area (Å²) in [6.45, 7) is 7.80. The largest absolute Gasteiger partial charge is 0.385 e. The van der Waals surface area contributed by atoms with Gasteiger partial charge in [-0.05, 0) is 30.7 Å². The molecule has 17 heavy (non-hydrogen) atoms. The highest BCUT2D eigenvalue weighted by Crippen LogP contribution is 2.13. The van der Waals surface area contributed by atoms with Crippen LogP contribution in [0.5, 0.6) is 0 Å². The van der Waals surface area contributed by atoms with Crippen LogP contribution in [0.25, 0.3) is 0 Å². The summed E-state index contributed by atoms with van der Waals surface area (Å²) in [4.78, 5) is 0. The normalized spacial score (nSPS) is 9.94. The third-order valence-corrected chi connectivity index (χ3v) is 2.69. The van der Waals surface area contributed by atoms with Crippen molar-refractivity contribution in [1.82, 2.24) is 0 Å². The SMILES string of the molecule is C=CCNc1ccc(NCCCCCC)cc1. The molecule has 94 valence electrons. The smallest absolute Gasteiger partial charge is 0.0344 e. The number of rotatable bonds is 9. The van der Waals surface area contributed by atoms with Crippen molar-refractivity contribution in [3.8, 4) is 0 Å². The topological polar surface area (TPSA) is 24.1 Å². The summed E-state index contributed by atoms with van der Waals surface area (Å²) in [5.41, 5.74) is 2.34. The summed E-state index contributed by atoms with van der Waals surface area (Å²) in [6.07, 6.45) is 7.07. The number of anilines is 2. The Hall–Kier alpha value is -1.44. The van der Waals surface area contributed by atoms with Crippen LogP contribution < -0.4 is 10.6 Å². The molecule has 0 bridgehead atoms. The summed E-state index contributed by atoms with van der Waals surface area (Å²) < 4.78 is 0. The first-order valence-electron chi connectivity index (χ1n) is 6.55. The van der Waals surface area contributed by atoms with Gasteiger partial charge in [-0.1, -0.05) is 32.3 Å². The molecular weight excluding hydrogens is 208 g/mol. The molecule has 0 radical (unpaired) electrons. The minimum Gasteiger partial charge on any atom is -0.385 e. The molecule has 2 heteroatoms. The van der Waals surface area contributed by atoms with Gasteiger partial charge in [-0.2, -0.15) is 0 Å². The standard InChI is InChI=1S/C15H24N2/c1-3-5-6-7-13-17-15-10-8-14(9-11-15)16-12-4-2/h4,8-11,16-17H,2-3,5-7,12-13H2,1H3. The fourth-order valence-electron chi connectivity index (χ4n) is 1.68. The Balaban J connectivity index is 2.23. The molecule has 0 heterocycles. The summed E-state index contributed by atoms with van der Waals surface area (Å²) in [5, 5.41) is 6.70. The van der Waals surface area contributed by atoms with Crippen LogP contribution in [0, 0.1) is 0 Å². The highest BCUT2D eigenvalue weighted by atomic mass is 14.9. The van der Waals surface area contributed by atoms with Crippen molar-refractivity contribution in [1.29, 1.82) is 0 Å². The average Bonchev–Trinajstić information content (AvgIpc) is 2.37. The predicted molar refractivity (Wildman–Crippen MR) is 77.8 cm³/mol. The van der Waals surface area contributed by atoms with Crippen molar-refractivity contribution < 1.29 is 0 Å². The Labute approximate surface area is 105 Å². The van der Waals surface area contributed by atoms with Crippen molar-refractivity contribution in [3.63, 3.8) is 0 Å². The highest BCUT2D eigenvalue weighted by molar-refractivity contribution is 5.53. The molecule has 0 amide bonds. The minimum absolute atomic E-state index is 0.809. The molecule has 0 saturated heterocycles. The molecule has 0 aliphatic carbocycles. The van der Waals surface area contributed by atoms with Crippen LogP contribution in [0.4, 0.5) is 11.4 Å². The van der Waals surface area contributed by atoms with Crippen molar-refractivity contribution in [2.24, 2.45) is 0 Å². The second-order valence-electron chi connectivity index (χ2n) is 4.23. The van der Waals surface area contributed by atoms with Gasteiger partial charge in [0.05, 0.1) is 0 Å². The second-order valence-corrected chi connectivity index (χ2v) is 4.23. The molecule has 0 aliphatic rings. The molecule has 0 aliphatic heterocycles. The van der Waals surface area contributed by atoms with Gasteiger partial charge in [0.25, 0.3) is 0 Å². The third-order valence-electron chi connectivity index (χ3n) is 2.69. The van der Waals surface area contributed by atoms with Crippen LogP contribution in [0.3, 0.4) is 0 Å². The summed E-state index contributed by atoms with van der Waals surface area (Å²) in [7, 11) is 0. The number of benzene rings is 1. The Bertz CT molecular complexity index is 303. The Morgan fingerprint density at radius 1 is 1.00 bits per heavy atom. The van der Waals surface area contributed by atoms with E-state index < -0.39 is 0 Å². The van der Waals surface area contributed by atoms with E-state index >= 15 is 0 Å². The lowest BCUT2D eigenvalue weighted by molar-refractivity contribution is 0.685. The number of nitrogens with one attached hydrogen (secondary N) is 2. The zero-order valence-corrected chi connectivity index (χ0v) is 10.8. The van der Waals surface area contributed by atoms with Gasteiger partial charge in [-0.15, -0.1) is 6.58 Å². The van der Waals surface area contributed by atoms with Crippen LogP contribution >= 0.6 is 0 Å². The molecule has 1 rings (SSSR count). The Kier molecular flexibility index (Phi) is 6.96. The molecular formula is C15H24N2. The maximum absolute atomic E-state index is 3.68. The van der Waals surface area contributed by atoms with Crippen LogP contribution in [0.1, 0.15) is 32.6 Å². The van der Waals surface area contributed by atoms with Crippen LogP contribution in [0.15, 0.2) is 36.9 Å². The Morgan fingerprint density at radius 2 is 1.65 bits per heavy atom. The fourth-order valence-corrected chi connectivity index (χ4v) is 1.68. The molecule has 1 aromatic carbocycles. The minimum atomic E-state index is 0.809. The summed E-state index contributed by atoms with van der Waals surface area (Å²) in [5.74, 6) is 0. The van der Waals surface area contributed by atoms with E-state index in [0.29, 0.717) is 0 Å². The first kappa shape index (κ1) is 13.6. The van der Waals surface area contributed by atoms with Gasteiger partial charge >= 0.3 is 0 Å². The van der Waals surface area contributed by atoms with Gasteiger partial charge in [0.15, 0.2) is 0 Å². The molecule has 0 fully saturated rings. The van der Waals surface area contributed by atoms with Crippen molar-refractivity contribution in [3.05, 3.63) is 36.9 Å². The zero-order valence-electron chi connectivity index (χ0n) is 10.8. The van der Waals surface area contributed by atoms with Crippen LogP contribution in [0.2, 0.25) is 0 Å². The molecule has 0 aromatic heterocycles. The van der Waals surface area contributed by atoms with E-state index in [2.05, 4.69) is 48.4 Å². The number of hydrogen-bond acceptors (Lipinski definition) is 2. The van der Waals surface area contributed by atoms with E-state index in [-0.39, 0.29) is 0 Å². The van der Waals surface area contributed by atoms with E-state index in [0.717, 1.165) is 18.8 Å². The van der Waals surface area contributed by atoms with Gasteiger partial charge in [-0.25, -0.2) is 0 Å². The second kappa shape index (κ2) is 8.68. The van der Waals surface area contributed by atoms with Crippen molar-refractivity contribution in [2.75, 3.05) is 23.7 Å². The van der Waals surface area contributed by atoms with E-state index in [4.69, 9.17) is 0 Å². The maximum atomic E-state index is 3.68.